The van der Waals surface area contributed by atoms with E-state index in [1.807, 2.05) is 26.0 Å². The van der Waals surface area contributed by atoms with E-state index in [-0.39, 0.29) is 11.7 Å². The molecule has 0 saturated heterocycles. The van der Waals surface area contributed by atoms with Gasteiger partial charge in [0.05, 0.1) is 5.52 Å². The number of hydrogen-bond donors (Lipinski definition) is 0. The van der Waals surface area contributed by atoms with Crippen molar-refractivity contribution >= 4 is 16.5 Å². The molecule has 1 nitrogen and oxygen atoms in total. The lowest BCUT2D eigenvalue weighted by atomic mass is 9.80. The minimum atomic E-state index is 0.0382. The first kappa shape index (κ1) is 15.2. The van der Waals surface area contributed by atoms with Crippen molar-refractivity contribution in [2.45, 2.75) is 47.0 Å². The lowest BCUT2D eigenvalue weighted by Crippen LogP contribution is -2.13. The summed E-state index contributed by atoms with van der Waals surface area (Å²) >= 11 is 0. The molecular formula is C20H24FN. The largest absolute Gasteiger partial charge is 0.253 e. The van der Waals surface area contributed by atoms with E-state index in [1.54, 1.807) is 0 Å². The molecule has 0 radical (unpaired) electrons. The summed E-state index contributed by atoms with van der Waals surface area (Å²) in [5.74, 6) is 0.661. The van der Waals surface area contributed by atoms with Gasteiger partial charge in [-0.05, 0) is 67.0 Å². The lowest BCUT2D eigenvalue weighted by molar-refractivity contribution is 0.374. The Hall–Kier alpha value is -1.70. The van der Waals surface area contributed by atoms with Crippen LogP contribution >= 0.6 is 0 Å². The monoisotopic (exact) mass is 297 g/mol. The Labute approximate surface area is 132 Å². The van der Waals surface area contributed by atoms with E-state index in [2.05, 4.69) is 31.0 Å². The molecule has 1 aromatic carbocycles. The molecule has 0 amide bonds. The molecule has 1 heterocycles. The smallest absolute Gasteiger partial charge is 0.107 e. The molecular weight excluding hydrogens is 273 g/mol. The van der Waals surface area contributed by atoms with Gasteiger partial charge in [-0.25, -0.2) is 4.39 Å². The zero-order chi connectivity index (χ0) is 15.9. The van der Waals surface area contributed by atoms with Crippen LogP contribution in [0.15, 0.2) is 30.1 Å². The molecule has 116 valence electrons. The molecule has 2 aromatic rings. The highest BCUT2D eigenvalue weighted by Gasteiger charge is 2.25. The molecule has 0 aliphatic heterocycles. The zero-order valence-electron chi connectivity index (χ0n) is 13.9. The molecule has 0 saturated carbocycles. The summed E-state index contributed by atoms with van der Waals surface area (Å²) in [6, 6.07) is 8.36. The van der Waals surface area contributed by atoms with Gasteiger partial charge in [0.2, 0.25) is 0 Å². The number of benzene rings is 1. The first-order valence-electron chi connectivity index (χ1n) is 8.28. The molecule has 0 spiro atoms. The topological polar surface area (TPSA) is 12.9 Å². The molecule has 1 aromatic heterocycles. The first-order chi connectivity index (χ1) is 10.5. The van der Waals surface area contributed by atoms with Gasteiger partial charge in [-0.2, -0.15) is 0 Å². The third-order valence-corrected chi connectivity index (χ3v) is 4.78. The van der Waals surface area contributed by atoms with E-state index in [1.165, 1.54) is 5.56 Å². The van der Waals surface area contributed by atoms with Gasteiger partial charge in [-0.15, -0.1) is 0 Å². The number of rotatable bonds is 2. The van der Waals surface area contributed by atoms with E-state index in [0.717, 1.165) is 47.0 Å². The number of aromatic nitrogens is 1. The second-order valence-corrected chi connectivity index (χ2v) is 6.78. The Morgan fingerprint density at radius 3 is 2.73 bits per heavy atom. The number of pyridine rings is 1. The second kappa shape index (κ2) is 5.83. The predicted octanol–water partition coefficient (Wildman–Crippen LogP) is 5.85. The first-order valence-corrected chi connectivity index (χ1v) is 8.28. The molecule has 0 N–H and O–H groups in total. The van der Waals surface area contributed by atoms with Gasteiger partial charge in [0.15, 0.2) is 0 Å². The number of nitrogens with zero attached hydrogens (tertiary/aromatic N) is 1. The van der Waals surface area contributed by atoms with Crippen LogP contribution in [0.3, 0.4) is 0 Å². The number of aryl methyl sites for hydroxylation is 2. The Balaban J connectivity index is 2.16. The lowest BCUT2D eigenvalue weighted by Gasteiger charge is -2.26. The molecule has 1 aliphatic rings. The van der Waals surface area contributed by atoms with E-state index in [4.69, 9.17) is 0 Å². The minimum Gasteiger partial charge on any atom is -0.253 e. The van der Waals surface area contributed by atoms with Crippen LogP contribution in [0.2, 0.25) is 0 Å². The maximum Gasteiger partial charge on any atom is 0.107 e. The average Bonchev–Trinajstić information content (AvgIpc) is 2.49. The van der Waals surface area contributed by atoms with Crippen molar-refractivity contribution in [2.24, 2.45) is 11.8 Å². The van der Waals surface area contributed by atoms with Crippen molar-refractivity contribution in [3.05, 3.63) is 46.9 Å². The second-order valence-electron chi connectivity index (χ2n) is 6.78. The molecule has 0 fully saturated rings. The van der Waals surface area contributed by atoms with Crippen LogP contribution in [-0.4, -0.2) is 4.98 Å². The van der Waals surface area contributed by atoms with Crippen LogP contribution in [-0.2, 0) is 6.42 Å². The maximum absolute atomic E-state index is 14.6. The van der Waals surface area contributed by atoms with E-state index in [9.17, 15) is 4.39 Å². The van der Waals surface area contributed by atoms with Gasteiger partial charge in [-0.3, -0.25) is 4.98 Å². The Morgan fingerprint density at radius 1 is 1.23 bits per heavy atom. The fraction of sp³-hybridized carbons (Fsp3) is 0.450. The van der Waals surface area contributed by atoms with Crippen molar-refractivity contribution in [1.29, 1.82) is 0 Å². The summed E-state index contributed by atoms with van der Waals surface area (Å²) in [5, 5.41) is 1.16. The van der Waals surface area contributed by atoms with Gasteiger partial charge < -0.3 is 0 Å². The average molecular weight is 297 g/mol. The number of halogens is 1. The molecule has 0 bridgehead atoms. The Kier molecular flexibility index (Phi) is 4.03. The summed E-state index contributed by atoms with van der Waals surface area (Å²) in [5.41, 5.74) is 5.28. The molecule has 2 heteroatoms. The minimum absolute atomic E-state index is 0.0382. The standard InChI is InChI=1S/C20H24FN/c1-5-15-10-14(4)22-19-7-6-16(11-17(15)19)18-9-12(2)8-13(3)20(18)21/h6-7,10-13H,5,8-9H2,1-4H3. The summed E-state index contributed by atoms with van der Waals surface area (Å²) < 4.78 is 14.6. The molecule has 2 unspecified atom stereocenters. The Morgan fingerprint density at radius 2 is 2.00 bits per heavy atom. The van der Waals surface area contributed by atoms with Gasteiger partial charge >= 0.3 is 0 Å². The Bertz CT molecular complexity index is 745. The van der Waals surface area contributed by atoms with Crippen LogP contribution in [0.5, 0.6) is 0 Å². The van der Waals surface area contributed by atoms with Crippen molar-refractivity contribution in [3.8, 4) is 0 Å². The molecule has 2 atom stereocenters. The third kappa shape index (κ3) is 2.67. The number of allylic oxidation sites excluding steroid dienone is 2. The normalized spacial score (nSPS) is 22.4. The summed E-state index contributed by atoms with van der Waals surface area (Å²) in [4.78, 5) is 4.61. The SMILES string of the molecule is CCc1cc(C)nc2ccc(C3=C(F)C(C)CC(C)C3)cc12. The van der Waals surface area contributed by atoms with Crippen molar-refractivity contribution in [3.63, 3.8) is 0 Å². The van der Waals surface area contributed by atoms with Crippen LogP contribution in [0.25, 0.3) is 16.5 Å². The van der Waals surface area contributed by atoms with Crippen LogP contribution < -0.4 is 0 Å². The summed E-state index contributed by atoms with van der Waals surface area (Å²) in [6.07, 6.45) is 2.75. The molecule has 3 rings (SSSR count). The highest BCUT2D eigenvalue weighted by atomic mass is 19.1. The molecule has 1 aliphatic carbocycles. The van der Waals surface area contributed by atoms with Gasteiger partial charge in [0, 0.05) is 17.0 Å². The van der Waals surface area contributed by atoms with Gasteiger partial charge in [0.25, 0.3) is 0 Å². The summed E-state index contributed by atoms with van der Waals surface area (Å²) in [7, 11) is 0. The fourth-order valence-corrected chi connectivity index (χ4v) is 3.71. The predicted molar refractivity (Wildman–Crippen MR) is 91.4 cm³/mol. The van der Waals surface area contributed by atoms with Crippen LogP contribution in [0, 0.1) is 18.8 Å². The summed E-state index contributed by atoms with van der Waals surface area (Å²) in [6.45, 7) is 8.39. The van der Waals surface area contributed by atoms with Crippen LogP contribution in [0.4, 0.5) is 4.39 Å². The molecule has 22 heavy (non-hydrogen) atoms. The fourth-order valence-electron chi connectivity index (χ4n) is 3.71. The zero-order valence-corrected chi connectivity index (χ0v) is 13.9. The van der Waals surface area contributed by atoms with Gasteiger partial charge in [0.1, 0.15) is 5.83 Å². The van der Waals surface area contributed by atoms with E-state index >= 15 is 0 Å². The highest BCUT2D eigenvalue weighted by Crippen LogP contribution is 2.40. The number of fused-ring (bicyclic) bond motifs is 1. The highest BCUT2D eigenvalue weighted by molar-refractivity contribution is 5.87. The van der Waals surface area contributed by atoms with E-state index in [0.29, 0.717) is 5.92 Å². The van der Waals surface area contributed by atoms with Crippen molar-refractivity contribution in [2.75, 3.05) is 0 Å². The van der Waals surface area contributed by atoms with E-state index < -0.39 is 0 Å². The quantitative estimate of drug-likeness (QED) is 0.677. The number of hydrogen-bond acceptors (Lipinski definition) is 1. The van der Waals surface area contributed by atoms with Crippen LogP contribution in [0.1, 0.15) is 50.4 Å². The van der Waals surface area contributed by atoms with Gasteiger partial charge in [-0.1, -0.05) is 26.8 Å². The maximum atomic E-state index is 14.6. The third-order valence-electron chi connectivity index (χ3n) is 4.78. The van der Waals surface area contributed by atoms with Crippen molar-refractivity contribution < 1.29 is 4.39 Å². The van der Waals surface area contributed by atoms with Crippen molar-refractivity contribution in [1.82, 2.24) is 4.98 Å².